The number of rotatable bonds is 15. The van der Waals surface area contributed by atoms with Crippen LogP contribution in [-0.4, -0.2) is 195 Å². The van der Waals surface area contributed by atoms with E-state index < -0.39 is 156 Å². The van der Waals surface area contributed by atoms with Gasteiger partial charge in [-0.15, -0.1) is 0 Å². The molecule has 1 saturated heterocycles. The van der Waals surface area contributed by atoms with Crippen molar-refractivity contribution < 1.29 is 87.1 Å². The van der Waals surface area contributed by atoms with Crippen molar-refractivity contribution >= 4 is 36.4 Å². The molecule has 0 radical (unpaired) electrons. The van der Waals surface area contributed by atoms with Gasteiger partial charge in [0.15, 0.2) is 6.29 Å². The van der Waals surface area contributed by atoms with E-state index in [4.69, 9.17) is 37.9 Å². The summed E-state index contributed by atoms with van der Waals surface area (Å²) >= 11 is 0. The number of aliphatic hydroxyl groups excluding tert-OH is 3. The zero-order chi connectivity index (χ0) is 58.4. The molecule has 2 aliphatic carbocycles. The summed E-state index contributed by atoms with van der Waals surface area (Å²) < 4.78 is 46.9. The third kappa shape index (κ3) is 20.0. The molecule has 1 unspecified atom stereocenters. The van der Waals surface area contributed by atoms with Gasteiger partial charge in [0, 0.05) is 25.6 Å². The van der Waals surface area contributed by atoms with Crippen LogP contribution in [0.3, 0.4) is 0 Å². The van der Waals surface area contributed by atoms with Crippen LogP contribution in [-0.2, 0) is 42.7 Å². The van der Waals surface area contributed by atoms with Gasteiger partial charge in [0.2, 0.25) is 0 Å². The van der Waals surface area contributed by atoms with Crippen molar-refractivity contribution in [1.29, 1.82) is 0 Å². The van der Waals surface area contributed by atoms with Crippen molar-refractivity contribution in [2.24, 2.45) is 5.92 Å². The van der Waals surface area contributed by atoms with Crippen molar-refractivity contribution in [2.45, 2.75) is 243 Å². The fourth-order valence-electron chi connectivity index (χ4n) is 9.45. The van der Waals surface area contributed by atoms with E-state index in [9.17, 15) is 49.2 Å². The number of nitrogens with one attached hydrogen (secondary N) is 6. The molecular weight excluding hydrogens is 1010 g/mol. The number of hydrogen-bond acceptors (Lipinski definition) is 19. The normalized spacial score (nSPS) is 29.1. The maximum Gasteiger partial charge on any atom is 0.410 e. The van der Waals surface area contributed by atoms with Crippen LogP contribution in [0.15, 0.2) is 11.8 Å². The monoisotopic (exact) mass is 1100 g/mol. The summed E-state index contributed by atoms with van der Waals surface area (Å²) in [6, 6.07) is -5.00. The second kappa shape index (κ2) is 25.0. The first kappa shape index (κ1) is 64.6. The van der Waals surface area contributed by atoms with Gasteiger partial charge in [0.1, 0.15) is 63.8 Å². The van der Waals surface area contributed by atoms with E-state index in [-0.39, 0.29) is 19.4 Å². The summed E-state index contributed by atoms with van der Waals surface area (Å²) in [6.45, 7) is 25.8. The molecule has 0 aromatic rings. The van der Waals surface area contributed by atoms with E-state index in [1.807, 2.05) is 0 Å². The Hall–Kier alpha value is -4.92. The average Bonchev–Trinajstić information content (AvgIpc) is 3.21. The van der Waals surface area contributed by atoms with Gasteiger partial charge in [-0.25, -0.2) is 24.0 Å². The van der Waals surface area contributed by atoms with Gasteiger partial charge >= 0.3 is 30.5 Å². The summed E-state index contributed by atoms with van der Waals surface area (Å²) in [5.74, 6) is -1.99. The highest BCUT2D eigenvalue weighted by atomic mass is 16.7. The van der Waals surface area contributed by atoms with Gasteiger partial charge in [0.25, 0.3) is 5.91 Å². The maximum atomic E-state index is 14.0. The molecule has 10 N–H and O–H groups in total. The molecule has 2 aliphatic heterocycles. The number of nitrogens with zero attached hydrogens (tertiary/aromatic N) is 1. The molecule has 12 atom stereocenters. The number of carbonyl (C=O) groups is 6. The van der Waals surface area contributed by atoms with Crippen LogP contribution in [0.4, 0.5) is 24.0 Å². The van der Waals surface area contributed by atoms with Gasteiger partial charge in [-0.05, 0) is 149 Å². The molecule has 0 aromatic heterocycles. The van der Waals surface area contributed by atoms with Crippen LogP contribution in [0.5, 0.6) is 0 Å². The van der Waals surface area contributed by atoms with Gasteiger partial charge in [-0.3, -0.25) is 4.79 Å². The Morgan fingerprint density at radius 3 is 1.77 bits per heavy atom. The Morgan fingerprint density at radius 2 is 1.25 bits per heavy atom. The van der Waals surface area contributed by atoms with Crippen LogP contribution in [0.2, 0.25) is 0 Å². The Kier molecular flexibility index (Phi) is 21.0. The van der Waals surface area contributed by atoms with E-state index >= 15 is 0 Å². The smallest absolute Gasteiger partial charge is 0.410 e. The number of ether oxygens (including phenoxy) is 8. The van der Waals surface area contributed by atoms with Gasteiger partial charge in [-0.1, -0.05) is 0 Å². The molecule has 0 spiro atoms. The van der Waals surface area contributed by atoms with Crippen molar-refractivity contribution in [1.82, 2.24) is 36.8 Å². The second-order valence-corrected chi connectivity index (χ2v) is 25.8. The third-order valence-electron chi connectivity index (χ3n) is 12.6. The van der Waals surface area contributed by atoms with Crippen LogP contribution in [0, 0.1) is 5.92 Å². The maximum absolute atomic E-state index is 14.0. The van der Waals surface area contributed by atoms with E-state index in [1.165, 1.54) is 14.0 Å². The zero-order valence-electron chi connectivity index (χ0n) is 48.2. The molecule has 2 heterocycles. The number of carbonyl (C=O) groups excluding carboxylic acids is 6. The second-order valence-electron chi connectivity index (χ2n) is 25.8. The standard InChI is InChI=1S/C52H91N7O18/c1-46(2,3)73-41(64)54-25-32(60)39(63)55-31-23-30(57-43(66)75-48(7,8)9)33(34(61)37(31)72-40-35(62)38(51(16,69)27-70-40)59(17)45(68)77-50(13,14)15)36-29(56-42(65)74-47(4,5)6)20-19-28(71-36)24-53-26-52(21-18-22-52)58-44(67)76-49(10,11)12/h19,29-38,40,53,60-62,69H,18,20-27H2,1-17H3,(H,54,64)(H,55,63)(H,56,65)(H,57,66)(H,58,67)/t29-,30+,31-,32+,33-,34+,35-,36?,37+,38-,40-,51+/m1/s1. The van der Waals surface area contributed by atoms with Gasteiger partial charge < -0.3 is 95.1 Å². The summed E-state index contributed by atoms with van der Waals surface area (Å²) in [4.78, 5) is 81.3. The lowest BCUT2D eigenvalue weighted by Crippen LogP contribution is -2.71. The molecule has 4 aliphatic rings. The average molecular weight is 1100 g/mol. The molecule has 25 heteroatoms. The van der Waals surface area contributed by atoms with E-state index in [0.717, 1.165) is 11.3 Å². The summed E-state index contributed by atoms with van der Waals surface area (Å²) in [7, 11) is 1.31. The summed E-state index contributed by atoms with van der Waals surface area (Å²) in [6.07, 6.45) is -10.6. The lowest BCUT2D eigenvalue weighted by atomic mass is 9.72. The number of alkyl carbamates (subject to hydrolysis) is 4. The Morgan fingerprint density at radius 1 is 0.727 bits per heavy atom. The molecule has 0 aromatic carbocycles. The van der Waals surface area contributed by atoms with Crippen molar-refractivity contribution in [3.8, 4) is 0 Å². The minimum absolute atomic E-state index is 0.100. The van der Waals surface area contributed by atoms with Gasteiger partial charge in [0.05, 0.1) is 49.5 Å². The Bertz CT molecular complexity index is 2090. The van der Waals surface area contributed by atoms with Crippen molar-refractivity contribution in [3.05, 3.63) is 11.8 Å². The van der Waals surface area contributed by atoms with Crippen molar-refractivity contribution in [2.75, 3.05) is 33.3 Å². The topological polar surface area (TPSA) is 333 Å². The number of aliphatic hydroxyl groups is 4. The first-order chi connectivity index (χ1) is 35.1. The lowest BCUT2D eigenvalue weighted by molar-refractivity contribution is -0.305. The van der Waals surface area contributed by atoms with E-state index in [2.05, 4.69) is 31.9 Å². The van der Waals surface area contributed by atoms with Gasteiger partial charge in [-0.2, -0.15) is 0 Å². The highest BCUT2D eigenvalue weighted by molar-refractivity contribution is 5.82. The van der Waals surface area contributed by atoms with Crippen LogP contribution >= 0.6 is 0 Å². The molecule has 4 rings (SSSR count). The predicted molar refractivity (Wildman–Crippen MR) is 278 cm³/mol. The van der Waals surface area contributed by atoms with Crippen molar-refractivity contribution in [3.63, 3.8) is 0 Å². The first-order valence-corrected chi connectivity index (χ1v) is 26.4. The van der Waals surface area contributed by atoms with Crippen LogP contribution in [0.1, 0.15) is 143 Å². The fraction of sp³-hybridized carbons (Fsp3) is 0.846. The molecular formula is C52H91N7O18. The zero-order valence-corrected chi connectivity index (χ0v) is 48.2. The number of hydrogen-bond donors (Lipinski definition) is 10. The van der Waals surface area contributed by atoms with E-state index in [1.54, 1.807) is 110 Å². The molecule has 3 fully saturated rings. The van der Waals surface area contributed by atoms with Crippen LogP contribution in [0.25, 0.3) is 0 Å². The number of amides is 6. The fourth-order valence-corrected chi connectivity index (χ4v) is 9.45. The number of likely N-dealkylation sites (N-methyl/N-ethyl adjacent to an activating group) is 1. The molecule has 6 amide bonds. The van der Waals surface area contributed by atoms with Crippen LogP contribution < -0.4 is 31.9 Å². The minimum atomic E-state index is -1.91. The lowest BCUT2D eigenvalue weighted by Gasteiger charge is -2.52. The molecule has 442 valence electrons. The Balaban J connectivity index is 1.80. The molecule has 0 bridgehead atoms. The molecule has 2 saturated carbocycles. The summed E-state index contributed by atoms with van der Waals surface area (Å²) in [5.41, 5.74) is -7.04. The Labute approximate surface area is 453 Å². The SMILES string of the molecule is CN(C(=O)OC(C)(C)C)[C@@H]1[C@@H](O)[C@@H](O[C@@H]2[C@@H](O)[C@H](C3OC(CNCC4(NC(=O)OC(C)(C)C)CCC4)=CC[C@H]3NC(=O)OC(C)(C)C)[C@@H](NC(=O)OC(C)(C)C)C[C@H]2NC(=O)[C@@H](O)CNC(=O)OC(C)(C)C)OC[C@]1(C)O. The quantitative estimate of drug-likeness (QED) is 0.105. The molecule has 25 nitrogen and oxygen atoms in total. The van der Waals surface area contributed by atoms with E-state index in [0.29, 0.717) is 25.1 Å². The molecule has 77 heavy (non-hydrogen) atoms. The minimum Gasteiger partial charge on any atom is -0.491 e. The highest BCUT2D eigenvalue weighted by Gasteiger charge is 2.57. The third-order valence-corrected chi connectivity index (χ3v) is 12.6. The summed E-state index contributed by atoms with van der Waals surface area (Å²) in [5, 5.41) is 64.9. The highest BCUT2D eigenvalue weighted by Crippen LogP contribution is 2.39. The first-order valence-electron chi connectivity index (χ1n) is 26.4. The largest absolute Gasteiger partial charge is 0.491 e. The predicted octanol–water partition coefficient (Wildman–Crippen LogP) is 3.32.